The second-order valence-corrected chi connectivity index (χ2v) is 7.87. The molecule has 1 saturated carbocycles. The van der Waals surface area contributed by atoms with E-state index in [0.717, 1.165) is 49.9 Å². The molecule has 180 valence electrons. The van der Waals surface area contributed by atoms with E-state index in [-0.39, 0.29) is 42.0 Å². The highest BCUT2D eigenvalue weighted by molar-refractivity contribution is 14.0. The highest BCUT2D eigenvalue weighted by atomic mass is 127. The zero-order valence-electron chi connectivity index (χ0n) is 18.5. The molecule has 0 bridgehead atoms. The van der Waals surface area contributed by atoms with E-state index in [1.807, 2.05) is 0 Å². The summed E-state index contributed by atoms with van der Waals surface area (Å²) in [4.78, 5) is 30.5. The summed E-state index contributed by atoms with van der Waals surface area (Å²) >= 11 is 0. The first-order chi connectivity index (χ1) is 14.6. The van der Waals surface area contributed by atoms with E-state index in [1.54, 1.807) is 26.0 Å². The van der Waals surface area contributed by atoms with Gasteiger partial charge in [0.15, 0.2) is 5.96 Å². The summed E-state index contributed by atoms with van der Waals surface area (Å²) in [5, 5.41) is 8.91. The molecule has 0 heterocycles. The van der Waals surface area contributed by atoms with Crippen LogP contribution in [0.3, 0.4) is 0 Å². The first-order valence-electron chi connectivity index (χ1n) is 10.2. The van der Waals surface area contributed by atoms with Crippen LogP contribution in [0.1, 0.15) is 41.6 Å². The molecule has 7 nitrogen and oxygen atoms in total. The lowest BCUT2D eigenvalue weighted by molar-refractivity contribution is -0.139. The van der Waals surface area contributed by atoms with Gasteiger partial charge in [-0.1, -0.05) is 12.8 Å². The smallest absolute Gasteiger partial charge is 0.355 e. The molecule has 11 heteroatoms. The summed E-state index contributed by atoms with van der Waals surface area (Å²) in [7, 11) is 5.13. The average Bonchev–Trinajstić information content (AvgIpc) is 3.22. The molecule has 0 saturated heterocycles. The molecule has 0 unspecified atom stereocenters. The Bertz CT molecular complexity index is 792. The van der Waals surface area contributed by atoms with Crippen LogP contribution in [0.15, 0.2) is 29.3 Å². The highest BCUT2D eigenvalue weighted by Gasteiger charge is 2.42. The lowest BCUT2D eigenvalue weighted by Crippen LogP contribution is -2.50. The first kappa shape index (κ1) is 28.0. The number of benzene rings is 1. The van der Waals surface area contributed by atoms with E-state index in [0.29, 0.717) is 19.0 Å². The monoisotopic (exact) mass is 569 g/mol. The third-order valence-electron chi connectivity index (χ3n) is 5.42. The maximum Gasteiger partial charge on any atom is 0.416 e. The van der Waals surface area contributed by atoms with Gasteiger partial charge in [-0.15, -0.1) is 24.0 Å². The van der Waals surface area contributed by atoms with Crippen molar-refractivity contribution in [3.8, 4) is 0 Å². The predicted molar refractivity (Wildman–Crippen MR) is 128 cm³/mol. The molecule has 2 amide bonds. The molecule has 0 spiro atoms. The van der Waals surface area contributed by atoms with Crippen molar-refractivity contribution in [2.24, 2.45) is 10.4 Å². The Labute approximate surface area is 203 Å². The lowest BCUT2D eigenvalue weighted by Gasteiger charge is -2.31. The number of alkyl halides is 3. The number of nitrogens with one attached hydrogen (secondary N) is 3. The van der Waals surface area contributed by atoms with Gasteiger partial charge in [0, 0.05) is 46.3 Å². The van der Waals surface area contributed by atoms with Gasteiger partial charge < -0.3 is 20.9 Å². The van der Waals surface area contributed by atoms with E-state index < -0.39 is 23.1 Å². The maximum atomic E-state index is 12.6. The Hall–Kier alpha value is -2.05. The van der Waals surface area contributed by atoms with Crippen LogP contribution >= 0.6 is 24.0 Å². The molecule has 0 aromatic heterocycles. The fraction of sp³-hybridized carbons (Fsp3) is 0.571. The topological polar surface area (TPSA) is 85.8 Å². The minimum atomic E-state index is -4.43. The van der Waals surface area contributed by atoms with Crippen molar-refractivity contribution in [3.63, 3.8) is 0 Å². The predicted octanol–water partition coefficient (Wildman–Crippen LogP) is 2.87. The first-order valence-corrected chi connectivity index (χ1v) is 10.2. The standard InChI is InChI=1S/C21H30F3N5O2.HI/c1-25-19(28-14-20(10-4-5-11-20)18(31)29(2)3)27-13-12-26-17(30)15-6-8-16(9-7-15)21(22,23)24;/h6-9H,4-5,10-14H2,1-3H3,(H,26,30)(H2,25,27,28);1H. The van der Waals surface area contributed by atoms with Crippen molar-refractivity contribution < 1.29 is 22.8 Å². The van der Waals surface area contributed by atoms with Crippen LogP contribution in [0.4, 0.5) is 13.2 Å². The van der Waals surface area contributed by atoms with Gasteiger partial charge in [-0.25, -0.2) is 0 Å². The molecule has 1 aromatic rings. The van der Waals surface area contributed by atoms with Crippen LogP contribution in [0.25, 0.3) is 0 Å². The third-order valence-corrected chi connectivity index (χ3v) is 5.42. The molecule has 3 N–H and O–H groups in total. The zero-order chi connectivity index (χ0) is 23.1. The van der Waals surface area contributed by atoms with E-state index in [9.17, 15) is 22.8 Å². The van der Waals surface area contributed by atoms with Crippen molar-refractivity contribution in [2.45, 2.75) is 31.9 Å². The molecule has 2 rings (SSSR count). The number of aliphatic imine (C=N–C) groups is 1. The van der Waals surface area contributed by atoms with E-state index >= 15 is 0 Å². The van der Waals surface area contributed by atoms with Crippen LogP contribution < -0.4 is 16.0 Å². The van der Waals surface area contributed by atoms with Crippen molar-refractivity contribution >= 4 is 41.8 Å². The number of nitrogens with zero attached hydrogens (tertiary/aromatic N) is 2. The number of amides is 2. The van der Waals surface area contributed by atoms with Crippen LogP contribution in [0, 0.1) is 5.41 Å². The lowest BCUT2D eigenvalue weighted by atomic mass is 9.84. The van der Waals surface area contributed by atoms with E-state index in [1.165, 1.54) is 0 Å². The van der Waals surface area contributed by atoms with Gasteiger partial charge in [0.2, 0.25) is 5.91 Å². The number of rotatable bonds is 7. The maximum absolute atomic E-state index is 12.6. The zero-order valence-corrected chi connectivity index (χ0v) is 20.8. The number of hydrogen-bond donors (Lipinski definition) is 3. The van der Waals surface area contributed by atoms with Crippen LogP contribution in [-0.2, 0) is 11.0 Å². The minimum Gasteiger partial charge on any atom is -0.355 e. The Balaban J connectivity index is 0.00000512. The van der Waals surface area contributed by atoms with Gasteiger partial charge in [-0.2, -0.15) is 13.2 Å². The molecule has 1 aliphatic carbocycles. The van der Waals surface area contributed by atoms with Gasteiger partial charge in [0.05, 0.1) is 11.0 Å². The molecule has 1 aromatic carbocycles. The fourth-order valence-corrected chi connectivity index (χ4v) is 3.74. The highest BCUT2D eigenvalue weighted by Crippen LogP contribution is 2.38. The Morgan fingerprint density at radius 1 is 1.03 bits per heavy atom. The SMILES string of the molecule is CN=C(NCCNC(=O)c1ccc(C(F)(F)F)cc1)NCC1(C(=O)N(C)C)CCCC1.I. The van der Waals surface area contributed by atoms with E-state index in [2.05, 4.69) is 20.9 Å². The second kappa shape index (κ2) is 12.3. The molecule has 0 aliphatic heterocycles. The van der Waals surface area contributed by atoms with Gasteiger partial charge in [0.25, 0.3) is 5.91 Å². The largest absolute Gasteiger partial charge is 0.416 e. The summed E-state index contributed by atoms with van der Waals surface area (Å²) in [5.74, 6) is 0.165. The summed E-state index contributed by atoms with van der Waals surface area (Å²) in [5.41, 5.74) is -1.08. The van der Waals surface area contributed by atoms with Crippen molar-refractivity contribution in [3.05, 3.63) is 35.4 Å². The quantitative estimate of drug-likeness (QED) is 0.204. The van der Waals surface area contributed by atoms with Crippen molar-refractivity contribution in [2.75, 3.05) is 40.8 Å². The Morgan fingerprint density at radius 2 is 1.59 bits per heavy atom. The van der Waals surface area contributed by atoms with Gasteiger partial charge >= 0.3 is 6.18 Å². The van der Waals surface area contributed by atoms with Crippen LogP contribution in [0.2, 0.25) is 0 Å². The van der Waals surface area contributed by atoms with Gasteiger partial charge in [-0.05, 0) is 37.1 Å². The summed E-state index contributed by atoms with van der Waals surface area (Å²) < 4.78 is 37.8. The normalized spacial score (nSPS) is 15.5. The number of hydrogen-bond acceptors (Lipinski definition) is 3. The molecule has 0 radical (unpaired) electrons. The Morgan fingerprint density at radius 3 is 2.09 bits per heavy atom. The van der Waals surface area contributed by atoms with Gasteiger partial charge in [-0.3, -0.25) is 14.6 Å². The van der Waals surface area contributed by atoms with Crippen molar-refractivity contribution in [1.82, 2.24) is 20.9 Å². The third kappa shape index (κ3) is 7.52. The number of carbonyl (C=O) groups is 2. The minimum absolute atomic E-state index is 0. The van der Waals surface area contributed by atoms with Crippen LogP contribution in [-0.4, -0.2) is 63.5 Å². The second-order valence-electron chi connectivity index (χ2n) is 7.87. The summed E-state index contributed by atoms with van der Waals surface area (Å²) in [6.07, 6.45) is -0.739. The number of carbonyl (C=O) groups excluding carboxylic acids is 2. The Kier molecular flexibility index (Phi) is 10.7. The summed E-state index contributed by atoms with van der Waals surface area (Å²) in [6, 6.07) is 4.06. The molecule has 1 fully saturated rings. The molecular weight excluding hydrogens is 538 g/mol. The van der Waals surface area contributed by atoms with E-state index in [4.69, 9.17) is 0 Å². The molecular formula is C21H31F3IN5O2. The molecule has 32 heavy (non-hydrogen) atoms. The van der Waals surface area contributed by atoms with Crippen molar-refractivity contribution in [1.29, 1.82) is 0 Å². The molecule has 1 aliphatic rings. The number of halogens is 4. The van der Waals surface area contributed by atoms with Crippen LogP contribution in [0.5, 0.6) is 0 Å². The number of guanidine groups is 1. The fourth-order valence-electron chi connectivity index (χ4n) is 3.74. The summed E-state index contributed by atoms with van der Waals surface area (Å²) in [6.45, 7) is 1.09. The van der Waals surface area contributed by atoms with Gasteiger partial charge in [0.1, 0.15) is 0 Å². The average molecular weight is 569 g/mol. The molecule has 0 atom stereocenters.